The third-order valence-electron chi connectivity index (χ3n) is 2.86. The second-order valence-corrected chi connectivity index (χ2v) is 7.35. The van der Waals surface area contributed by atoms with Gasteiger partial charge in [-0.2, -0.15) is 0 Å². The molecule has 0 aromatic carbocycles. The van der Waals surface area contributed by atoms with Crippen LogP contribution in [0.5, 0.6) is 0 Å². The maximum absolute atomic E-state index is 5.91. The van der Waals surface area contributed by atoms with Gasteiger partial charge in [0, 0.05) is 36.8 Å². The van der Waals surface area contributed by atoms with Crippen molar-refractivity contribution >= 4 is 64.2 Å². The van der Waals surface area contributed by atoms with E-state index in [1.807, 2.05) is 13.0 Å². The van der Waals surface area contributed by atoms with Crippen LogP contribution in [0.25, 0.3) is 0 Å². The van der Waals surface area contributed by atoms with Gasteiger partial charge in [-0.25, -0.2) is 4.98 Å². The van der Waals surface area contributed by atoms with Crippen LogP contribution >= 0.6 is 58.3 Å². The van der Waals surface area contributed by atoms with Crippen LogP contribution in [0.3, 0.4) is 0 Å². The molecular weight excluding hydrogens is 451 g/mol. The number of hydrogen-bond acceptors (Lipinski definition) is 4. The van der Waals surface area contributed by atoms with E-state index < -0.39 is 0 Å². The number of nitrogens with zero attached hydrogens (tertiary/aromatic N) is 2. The van der Waals surface area contributed by atoms with Gasteiger partial charge in [0.05, 0.1) is 15.0 Å². The molecule has 0 aliphatic heterocycles. The van der Waals surface area contributed by atoms with Crippen LogP contribution in [0.1, 0.15) is 15.6 Å². The van der Waals surface area contributed by atoms with Crippen LogP contribution in [0.2, 0.25) is 4.34 Å². The first-order valence-corrected chi connectivity index (χ1v) is 8.84. The van der Waals surface area contributed by atoms with E-state index >= 15 is 0 Å². The molecule has 2 aromatic heterocycles. The fourth-order valence-electron chi connectivity index (χ4n) is 1.84. The van der Waals surface area contributed by atoms with Crippen LogP contribution < -0.4 is 10.6 Å². The molecule has 0 bridgehead atoms. The molecule has 0 atom stereocenters. The Morgan fingerprint density at radius 3 is 2.55 bits per heavy atom. The summed E-state index contributed by atoms with van der Waals surface area (Å²) >= 11 is 9.23. The van der Waals surface area contributed by atoms with Gasteiger partial charge >= 0.3 is 0 Å². The molecule has 0 spiro atoms. The van der Waals surface area contributed by atoms with E-state index in [9.17, 15) is 0 Å². The summed E-state index contributed by atoms with van der Waals surface area (Å²) in [6.07, 6.45) is 1.86. The molecule has 0 unspecified atom stereocenters. The zero-order chi connectivity index (χ0) is 15.1. The number of rotatable bonds is 6. The van der Waals surface area contributed by atoms with Crippen molar-refractivity contribution < 1.29 is 0 Å². The van der Waals surface area contributed by atoms with Crippen LogP contribution in [0.4, 0.5) is 0 Å². The third kappa shape index (κ3) is 6.80. The number of hydrogen-bond donors (Lipinski definition) is 2. The SMILES string of the molecule is CN=C(NCCc1csc(C)n1)NCCc1ccc(Cl)s1.I. The summed E-state index contributed by atoms with van der Waals surface area (Å²) in [4.78, 5) is 9.94. The van der Waals surface area contributed by atoms with Crippen molar-refractivity contribution in [1.82, 2.24) is 15.6 Å². The number of guanidine groups is 1. The Bertz CT molecular complexity index is 549. The highest BCUT2D eigenvalue weighted by molar-refractivity contribution is 14.0. The molecule has 8 heteroatoms. The Morgan fingerprint density at radius 1 is 1.27 bits per heavy atom. The van der Waals surface area contributed by atoms with Gasteiger partial charge in [-0.1, -0.05) is 11.6 Å². The summed E-state index contributed by atoms with van der Waals surface area (Å²) in [5.41, 5.74) is 1.13. The number of aromatic nitrogens is 1. The number of aryl methyl sites for hydroxylation is 1. The van der Waals surface area contributed by atoms with Gasteiger partial charge in [0.2, 0.25) is 0 Å². The molecule has 2 N–H and O–H groups in total. The lowest BCUT2D eigenvalue weighted by Gasteiger charge is -2.10. The molecule has 2 aromatic rings. The average Bonchev–Trinajstić information content (AvgIpc) is 3.06. The van der Waals surface area contributed by atoms with E-state index in [1.54, 1.807) is 29.7 Å². The van der Waals surface area contributed by atoms with Gasteiger partial charge in [-0.3, -0.25) is 4.99 Å². The van der Waals surface area contributed by atoms with Gasteiger partial charge in [0.25, 0.3) is 0 Å². The highest BCUT2D eigenvalue weighted by atomic mass is 127. The summed E-state index contributed by atoms with van der Waals surface area (Å²) in [6.45, 7) is 3.69. The van der Waals surface area contributed by atoms with Crippen LogP contribution in [0.15, 0.2) is 22.5 Å². The standard InChI is InChI=1S/C14H19ClN4S2.HI/c1-10-19-11(9-20-10)5-7-17-14(16-2)18-8-6-12-3-4-13(15)21-12;/h3-4,9H,5-8H2,1-2H3,(H2,16,17,18);1H. The third-order valence-corrected chi connectivity index (χ3v) is 4.97. The van der Waals surface area contributed by atoms with Crippen molar-refractivity contribution in [2.24, 2.45) is 4.99 Å². The average molecular weight is 471 g/mol. The molecule has 0 saturated carbocycles. The minimum atomic E-state index is 0. The van der Waals surface area contributed by atoms with Crippen molar-refractivity contribution in [3.05, 3.63) is 37.4 Å². The van der Waals surface area contributed by atoms with E-state index in [2.05, 4.69) is 32.1 Å². The molecule has 0 amide bonds. The first kappa shape index (κ1) is 19.7. The minimum absolute atomic E-state index is 0. The van der Waals surface area contributed by atoms with E-state index in [1.165, 1.54) is 4.88 Å². The van der Waals surface area contributed by atoms with Crippen LogP contribution in [-0.4, -0.2) is 31.1 Å². The molecule has 122 valence electrons. The normalized spacial score (nSPS) is 11.1. The van der Waals surface area contributed by atoms with Gasteiger partial charge in [0.15, 0.2) is 5.96 Å². The van der Waals surface area contributed by atoms with Gasteiger partial charge in [-0.05, 0) is 25.5 Å². The highest BCUT2D eigenvalue weighted by Gasteiger charge is 2.02. The first-order valence-electron chi connectivity index (χ1n) is 6.77. The molecule has 2 rings (SSSR count). The smallest absolute Gasteiger partial charge is 0.191 e. The number of thiophene rings is 1. The fourth-order valence-corrected chi connectivity index (χ4v) is 3.58. The highest BCUT2D eigenvalue weighted by Crippen LogP contribution is 2.21. The lowest BCUT2D eigenvalue weighted by Crippen LogP contribution is -2.39. The van der Waals surface area contributed by atoms with Crippen molar-refractivity contribution in [3.8, 4) is 0 Å². The predicted molar refractivity (Wildman–Crippen MR) is 108 cm³/mol. The van der Waals surface area contributed by atoms with Gasteiger partial charge in [0.1, 0.15) is 0 Å². The first-order chi connectivity index (χ1) is 10.2. The van der Waals surface area contributed by atoms with Gasteiger partial charge < -0.3 is 10.6 Å². The number of aliphatic imine (C=N–C) groups is 1. The van der Waals surface area contributed by atoms with E-state index in [0.29, 0.717) is 0 Å². The lowest BCUT2D eigenvalue weighted by molar-refractivity contribution is 0.780. The number of nitrogens with one attached hydrogen (secondary N) is 2. The molecule has 22 heavy (non-hydrogen) atoms. The van der Waals surface area contributed by atoms with Crippen molar-refractivity contribution in [3.63, 3.8) is 0 Å². The molecule has 2 heterocycles. The molecule has 0 aliphatic carbocycles. The lowest BCUT2D eigenvalue weighted by atomic mass is 10.3. The minimum Gasteiger partial charge on any atom is -0.356 e. The molecule has 0 saturated heterocycles. The Balaban J connectivity index is 0.00000242. The van der Waals surface area contributed by atoms with Crippen molar-refractivity contribution in [2.45, 2.75) is 19.8 Å². The quantitative estimate of drug-likeness (QED) is 0.384. The van der Waals surface area contributed by atoms with Crippen molar-refractivity contribution in [2.75, 3.05) is 20.1 Å². The summed E-state index contributed by atoms with van der Waals surface area (Å²) in [6, 6.07) is 4.00. The van der Waals surface area contributed by atoms with Crippen LogP contribution in [-0.2, 0) is 12.8 Å². The Hall–Kier alpha value is -0.380. The maximum Gasteiger partial charge on any atom is 0.191 e. The Kier molecular flexibility index (Phi) is 9.30. The molecule has 0 aliphatic rings. The van der Waals surface area contributed by atoms with Crippen LogP contribution in [0, 0.1) is 6.92 Å². The summed E-state index contributed by atoms with van der Waals surface area (Å²) in [5, 5.41) is 9.82. The topological polar surface area (TPSA) is 49.3 Å². The summed E-state index contributed by atoms with van der Waals surface area (Å²) < 4.78 is 0.839. The zero-order valence-electron chi connectivity index (χ0n) is 12.6. The summed E-state index contributed by atoms with van der Waals surface area (Å²) in [5.74, 6) is 0.824. The van der Waals surface area contributed by atoms with E-state index in [0.717, 1.165) is 46.9 Å². The van der Waals surface area contributed by atoms with E-state index in [4.69, 9.17) is 11.6 Å². The Morgan fingerprint density at radius 2 is 2.00 bits per heavy atom. The fraction of sp³-hybridized carbons (Fsp3) is 0.429. The molecular formula is C14H20ClIN4S2. The number of halogens is 2. The second-order valence-electron chi connectivity index (χ2n) is 4.49. The van der Waals surface area contributed by atoms with Gasteiger partial charge in [-0.15, -0.1) is 46.7 Å². The summed E-state index contributed by atoms with van der Waals surface area (Å²) in [7, 11) is 1.78. The number of thiazole rings is 1. The molecule has 4 nitrogen and oxygen atoms in total. The Labute approximate surface area is 161 Å². The maximum atomic E-state index is 5.91. The van der Waals surface area contributed by atoms with Crippen molar-refractivity contribution in [1.29, 1.82) is 0 Å². The predicted octanol–water partition coefficient (Wildman–Crippen LogP) is 3.73. The largest absolute Gasteiger partial charge is 0.356 e. The molecule has 0 fully saturated rings. The second kappa shape index (κ2) is 10.4. The molecule has 0 radical (unpaired) electrons. The zero-order valence-corrected chi connectivity index (χ0v) is 17.3. The van der Waals surface area contributed by atoms with E-state index in [-0.39, 0.29) is 24.0 Å². The monoisotopic (exact) mass is 470 g/mol.